The SMILES string of the molecule is CCOC(=O)C(CCCCCl)=NNc1ccccc1[N+](=O)[O-]. The molecule has 1 N–H and O–H groups in total. The highest BCUT2D eigenvalue weighted by molar-refractivity contribution is 6.36. The molecular formula is C14H18ClN3O4. The van der Waals surface area contributed by atoms with Crippen LogP contribution in [0.25, 0.3) is 0 Å². The molecule has 8 heteroatoms. The van der Waals surface area contributed by atoms with Gasteiger partial charge < -0.3 is 4.74 Å². The number of halogens is 1. The molecule has 0 bridgehead atoms. The normalized spacial score (nSPS) is 11.1. The van der Waals surface area contributed by atoms with E-state index in [-0.39, 0.29) is 23.7 Å². The monoisotopic (exact) mass is 327 g/mol. The number of benzene rings is 1. The van der Waals surface area contributed by atoms with Gasteiger partial charge in [0.05, 0.1) is 11.5 Å². The van der Waals surface area contributed by atoms with Crippen molar-refractivity contribution in [1.29, 1.82) is 0 Å². The minimum atomic E-state index is -0.539. The quantitative estimate of drug-likeness (QED) is 0.187. The van der Waals surface area contributed by atoms with Gasteiger partial charge >= 0.3 is 5.97 Å². The Morgan fingerprint density at radius 2 is 2.14 bits per heavy atom. The molecule has 0 saturated heterocycles. The fourth-order valence-electron chi connectivity index (χ4n) is 1.66. The second-order valence-corrected chi connectivity index (χ2v) is 4.69. The van der Waals surface area contributed by atoms with Crippen LogP contribution in [0, 0.1) is 10.1 Å². The van der Waals surface area contributed by atoms with Crippen LogP contribution in [-0.2, 0) is 9.53 Å². The van der Waals surface area contributed by atoms with Gasteiger partial charge in [0.15, 0.2) is 0 Å². The minimum Gasteiger partial charge on any atom is -0.461 e. The van der Waals surface area contributed by atoms with E-state index in [2.05, 4.69) is 10.5 Å². The molecule has 0 amide bonds. The van der Waals surface area contributed by atoms with Gasteiger partial charge in [0, 0.05) is 11.9 Å². The molecule has 7 nitrogen and oxygen atoms in total. The molecule has 1 aromatic rings. The summed E-state index contributed by atoms with van der Waals surface area (Å²) in [5.74, 6) is -0.0450. The molecular weight excluding hydrogens is 310 g/mol. The molecule has 0 saturated carbocycles. The predicted octanol–water partition coefficient (Wildman–Crippen LogP) is 3.33. The number of rotatable bonds is 9. The third kappa shape index (κ3) is 5.69. The van der Waals surface area contributed by atoms with Crippen molar-refractivity contribution in [2.45, 2.75) is 26.2 Å². The van der Waals surface area contributed by atoms with Crippen molar-refractivity contribution in [3.63, 3.8) is 0 Å². The molecule has 0 fully saturated rings. The van der Waals surface area contributed by atoms with Gasteiger partial charge in [0.1, 0.15) is 11.4 Å². The van der Waals surface area contributed by atoms with Gasteiger partial charge in [-0.2, -0.15) is 5.10 Å². The van der Waals surface area contributed by atoms with Crippen LogP contribution in [0.3, 0.4) is 0 Å². The molecule has 22 heavy (non-hydrogen) atoms. The van der Waals surface area contributed by atoms with Crippen molar-refractivity contribution >= 4 is 34.7 Å². The van der Waals surface area contributed by atoms with Gasteiger partial charge in [-0.3, -0.25) is 15.5 Å². The Bertz CT molecular complexity index is 549. The molecule has 0 spiro atoms. The second-order valence-electron chi connectivity index (χ2n) is 4.31. The Labute approximate surface area is 133 Å². The molecule has 0 aliphatic carbocycles. The number of ether oxygens (including phenoxy) is 1. The molecule has 0 radical (unpaired) electrons. The number of anilines is 1. The number of alkyl halides is 1. The van der Waals surface area contributed by atoms with E-state index in [0.29, 0.717) is 18.7 Å². The average molecular weight is 328 g/mol. The number of nitrogens with one attached hydrogen (secondary N) is 1. The van der Waals surface area contributed by atoms with Crippen LogP contribution < -0.4 is 5.43 Å². The molecule has 0 aliphatic rings. The van der Waals surface area contributed by atoms with Crippen molar-refractivity contribution in [1.82, 2.24) is 0 Å². The molecule has 120 valence electrons. The summed E-state index contributed by atoms with van der Waals surface area (Å²) in [5, 5.41) is 14.9. The van der Waals surface area contributed by atoms with Crippen LogP contribution in [0.4, 0.5) is 11.4 Å². The van der Waals surface area contributed by atoms with Crippen molar-refractivity contribution in [2.24, 2.45) is 5.10 Å². The maximum atomic E-state index is 11.8. The lowest BCUT2D eigenvalue weighted by Crippen LogP contribution is -2.19. The van der Waals surface area contributed by atoms with Gasteiger partial charge in [-0.25, -0.2) is 4.79 Å². The molecule has 1 aromatic carbocycles. The zero-order valence-corrected chi connectivity index (χ0v) is 13.0. The molecule has 0 aliphatic heterocycles. The number of unbranched alkanes of at least 4 members (excludes halogenated alkanes) is 1. The number of nitro groups is 1. The number of carbonyl (C=O) groups is 1. The highest BCUT2D eigenvalue weighted by Gasteiger charge is 2.15. The second kappa shape index (κ2) is 9.73. The number of hydrogen-bond acceptors (Lipinski definition) is 6. The average Bonchev–Trinajstić information content (AvgIpc) is 2.51. The standard InChI is InChI=1S/C14H18ClN3O4/c1-2-22-14(19)12(8-5-6-10-15)17-16-11-7-3-4-9-13(11)18(20)21/h3-4,7,9,16H,2,5-6,8,10H2,1H3. The molecule has 0 heterocycles. The Hall–Kier alpha value is -2.15. The van der Waals surface area contributed by atoms with Crippen molar-refractivity contribution in [3.8, 4) is 0 Å². The van der Waals surface area contributed by atoms with Gasteiger partial charge in [-0.15, -0.1) is 11.6 Å². The lowest BCUT2D eigenvalue weighted by Gasteiger charge is -2.07. The first-order chi connectivity index (χ1) is 10.6. The Kier molecular flexibility index (Phi) is 7.91. The zero-order chi connectivity index (χ0) is 16.4. The van der Waals surface area contributed by atoms with Crippen LogP contribution in [0.1, 0.15) is 26.2 Å². The molecule has 0 atom stereocenters. The van der Waals surface area contributed by atoms with E-state index >= 15 is 0 Å². The summed E-state index contributed by atoms with van der Waals surface area (Å²) in [6, 6.07) is 6.07. The summed E-state index contributed by atoms with van der Waals surface area (Å²) < 4.78 is 4.92. The Morgan fingerprint density at radius 1 is 1.41 bits per heavy atom. The minimum absolute atomic E-state index is 0.116. The topological polar surface area (TPSA) is 93.8 Å². The number of hydrazone groups is 1. The van der Waals surface area contributed by atoms with Crippen molar-refractivity contribution in [3.05, 3.63) is 34.4 Å². The van der Waals surface area contributed by atoms with Crippen LogP contribution in [0.5, 0.6) is 0 Å². The van der Waals surface area contributed by atoms with E-state index in [4.69, 9.17) is 16.3 Å². The highest BCUT2D eigenvalue weighted by Crippen LogP contribution is 2.23. The van der Waals surface area contributed by atoms with Gasteiger partial charge in [0.2, 0.25) is 0 Å². The number of para-hydroxylation sites is 2. The highest BCUT2D eigenvalue weighted by atomic mass is 35.5. The maximum Gasteiger partial charge on any atom is 0.354 e. The smallest absolute Gasteiger partial charge is 0.354 e. The number of hydrogen-bond donors (Lipinski definition) is 1. The Morgan fingerprint density at radius 3 is 2.77 bits per heavy atom. The fraction of sp³-hybridized carbons (Fsp3) is 0.429. The van der Waals surface area contributed by atoms with Crippen LogP contribution in [-0.4, -0.2) is 29.1 Å². The first-order valence-electron chi connectivity index (χ1n) is 6.89. The Balaban J connectivity index is 2.87. The van der Waals surface area contributed by atoms with E-state index < -0.39 is 10.9 Å². The lowest BCUT2D eigenvalue weighted by atomic mass is 10.2. The fourth-order valence-corrected chi connectivity index (χ4v) is 1.85. The summed E-state index contributed by atoms with van der Waals surface area (Å²) in [6.07, 6.45) is 1.81. The van der Waals surface area contributed by atoms with Crippen LogP contribution >= 0.6 is 11.6 Å². The van der Waals surface area contributed by atoms with E-state index in [9.17, 15) is 14.9 Å². The van der Waals surface area contributed by atoms with E-state index in [1.165, 1.54) is 12.1 Å². The van der Waals surface area contributed by atoms with Crippen molar-refractivity contribution < 1.29 is 14.5 Å². The zero-order valence-electron chi connectivity index (χ0n) is 12.3. The third-order valence-electron chi connectivity index (χ3n) is 2.72. The van der Waals surface area contributed by atoms with Crippen LogP contribution in [0.2, 0.25) is 0 Å². The predicted molar refractivity (Wildman–Crippen MR) is 85.4 cm³/mol. The van der Waals surface area contributed by atoms with Crippen LogP contribution in [0.15, 0.2) is 29.4 Å². The molecule has 0 unspecified atom stereocenters. The third-order valence-corrected chi connectivity index (χ3v) is 2.99. The molecule has 0 aromatic heterocycles. The first kappa shape index (κ1) is 17.9. The van der Waals surface area contributed by atoms with Gasteiger partial charge in [-0.05, 0) is 32.3 Å². The summed E-state index contributed by atoms with van der Waals surface area (Å²) in [6.45, 7) is 1.93. The first-order valence-corrected chi connectivity index (χ1v) is 7.42. The summed E-state index contributed by atoms with van der Waals surface area (Å²) in [5.41, 5.74) is 2.86. The number of esters is 1. The lowest BCUT2D eigenvalue weighted by molar-refractivity contribution is -0.384. The van der Waals surface area contributed by atoms with Crippen molar-refractivity contribution in [2.75, 3.05) is 17.9 Å². The number of nitro benzene ring substituents is 1. The largest absolute Gasteiger partial charge is 0.461 e. The van der Waals surface area contributed by atoms with E-state index in [1.54, 1.807) is 19.1 Å². The van der Waals surface area contributed by atoms with Gasteiger partial charge in [-0.1, -0.05) is 12.1 Å². The maximum absolute atomic E-state index is 11.8. The van der Waals surface area contributed by atoms with E-state index in [1.807, 2.05) is 0 Å². The summed E-state index contributed by atoms with van der Waals surface area (Å²) in [4.78, 5) is 22.2. The summed E-state index contributed by atoms with van der Waals surface area (Å²) >= 11 is 5.61. The van der Waals surface area contributed by atoms with E-state index in [0.717, 1.165) is 6.42 Å². The number of carbonyl (C=O) groups excluding carboxylic acids is 1. The summed E-state index contributed by atoms with van der Waals surface area (Å²) in [7, 11) is 0. The molecule has 1 rings (SSSR count). The van der Waals surface area contributed by atoms with Gasteiger partial charge in [0.25, 0.3) is 5.69 Å². The number of nitrogens with zero attached hydrogens (tertiary/aromatic N) is 2.